The number of carbonyl (C=O) groups is 1. The molecule has 0 N–H and O–H groups in total. The van der Waals surface area contributed by atoms with Gasteiger partial charge in [-0.3, -0.25) is 28.5 Å². The summed E-state index contributed by atoms with van der Waals surface area (Å²) in [6, 6.07) is 16.5. The molecule has 0 unspecified atom stereocenters. The third-order valence-corrected chi connectivity index (χ3v) is 10.3. The molecule has 248 valence electrons. The fourth-order valence-electron chi connectivity index (χ4n) is 7.58. The predicted octanol–water partition coefficient (Wildman–Crippen LogP) is 5.10. The van der Waals surface area contributed by atoms with Crippen molar-refractivity contribution in [3.05, 3.63) is 94.9 Å². The SMILES string of the molecule is Cn1cc(-c2cc3cccc(-c4cc(C5=CCN(CC6CCN(c7ccc(C=O)nn7)CC6)CC5)c5c(c4)n(C)c(=O)n5C)c3cn2)cn1. The molecule has 0 radical (unpaired) electrons. The van der Waals surface area contributed by atoms with Crippen molar-refractivity contribution in [1.82, 2.24) is 39.0 Å². The van der Waals surface area contributed by atoms with Crippen molar-refractivity contribution >= 4 is 39.5 Å². The van der Waals surface area contributed by atoms with E-state index in [4.69, 9.17) is 4.98 Å². The number of aromatic nitrogens is 7. The molecule has 11 heteroatoms. The molecular weight excluding hydrogens is 614 g/mol. The number of nitrogens with zero attached hydrogens (tertiary/aromatic N) is 9. The molecule has 49 heavy (non-hydrogen) atoms. The largest absolute Gasteiger partial charge is 0.355 e. The summed E-state index contributed by atoms with van der Waals surface area (Å²) in [7, 11) is 5.64. The molecule has 2 aliphatic rings. The van der Waals surface area contributed by atoms with E-state index in [1.807, 2.05) is 45.8 Å². The Morgan fingerprint density at radius 3 is 2.47 bits per heavy atom. The first-order valence-corrected chi connectivity index (χ1v) is 16.9. The van der Waals surface area contributed by atoms with Gasteiger partial charge in [0, 0.05) is 82.8 Å². The fourth-order valence-corrected chi connectivity index (χ4v) is 7.58. The molecule has 8 rings (SSSR count). The highest BCUT2D eigenvalue weighted by molar-refractivity contribution is 6.01. The minimum absolute atomic E-state index is 0.0239. The zero-order valence-corrected chi connectivity index (χ0v) is 28.1. The summed E-state index contributed by atoms with van der Waals surface area (Å²) >= 11 is 0. The first-order chi connectivity index (χ1) is 23.9. The monoisotopic (exact) mass is 653 g/mol. The first-order valence-electron chi connectivity index (χ1n) is 16.9. The number of hydrogen-bond donors (Lipinski definition) is 0. The van der Waals surface area contributed by atoms with Crippen LogP contribution in [0, 0.1) is 5.92 Å². The van der Waals surface area contributed by atoms with Crippen molar-refractivity contribution in [2.75, 3.05) is 37.6 Å². The van der Waals surface area contributed by atoms with E-state index >= 15 is 0 Å². The number of hydrogen-bond acceptors (Lipinski definition) is 8. The fraction of sp³-hybridized carbons (Fsp3) is 0.316. The first kappa shape index (κ1) is 30.9. The van der Waals surface area contributed by atoms with Crippen LogP contribution >= 0.6 is 0 Å². The molecular formula is C38H39N9O2. The predicted molar refractivity (Wildman–Crippen MR) is 192 cm³/mol. The van der Waals surface area contributed by atoms with E-state index in [-0.39, 0.29) is 5.69 Å². The van der Waals surface area contributed by atoms with Crippen LogP contribution in [0.4, 0.5) is 5.82 Å². The maximum Gasteiger partial charge on any atom is 0.328 e. The number of piperidine rings is 1. The van der Waals surface area contributed by atoms with Crippen LogP contribution in [0.25, 0.3) is 49.8 Å². The maximum absolute atomic E-state index is 13.2. The van der Waals surface area contributed by atoms with E-state index in [2.05, 4.69) is 67.6 Å². The molecule has 0 bridgehead atoms. The van der Waals surface area contributed by atoms with Crippen LogP contribution in [0.15, 0.2) is 78.0 Å². The van der Waals surface area contributed by atoms with Crippen molar-refractivity contribution < 1.29 is 4.79 Å². The number of rotatable bonds is 7. The van der Waals surface area contributed by atoms with Gasteiger partial charge in [-0.1, -0.05) is 24.3 Å². The highest BCUT2D eigenvalue weighted by atomic mass is 16.1. The van der Waals surface area contributed by atoms with Crippen LogP contribution in [0.1, 0.15) is 35.3 Å². The minimum Gasteiger partial charge on any atom is -0.355 e. The Labute approximate surface area is 284 Å². The summed E-state index contributed by atoms with van der Waals surface area (Å²) in [6.07, 6.45) is 12.0. The van der Waals surface area contributed by atoms with Gasteiger partial charge >= 0.3 is 5.69 Å². The van der Waals surface area contributed by atoms with E-state index in [1.165, 1.54) is 5.57 Å². The van der Waals surface area contributed by atoms with Gasteiger partial charge in [-0.15, -0.1) is 10.2 Å². The van der Waals surface area contributed by atoms with Gasteiger partial charge in [-0.2, -0.15) is 5.10 Å². The smallest absolute Gasteiger partial charge is 0.328 e. The lowest BCUT2D eigenvalue weighted by Crippen LogP contribution is -2.40. The van der Waals surface area contributed by atoms with Crippen molar-refractivity contribution in [2.24, 2.45) is 27.1 Å². The van der Waals surface area contributed by atoms with Gasteiger partial charge in [0.2, 0.25) is 0 Å². The standard InChI is InChI=1S/C38H39N9O2/c1-43-23-29(20-40-43)34-18-27-5-4-6-31(33(27)21-39-34)28-17-32(37-35(19-28)44(2)38(49)45(37)3)26-11-13-46(14-12-26)22-25-9-15-47(16-10-25)36-8-7-30(24-48)41-42-36/h4-8,11,17-21,23-25H,9-10,12-16,22H2,1-3H3. The van der Waals surface area contributed by atoms with E-state index in [0.29, 0.717) is 11.6 Å². The Kier molecular flexibility index (Phi) is 7.91. The number of carbonyl (C=O) groups excluding carboxylic acids is 1. The zero-order chi connectivity index (χ0) is 33.6. The molecule has 2 aliphatic heterocycles. The Morgan fingerprint density at radius 2 is 1.76 bits per heavy atom. The second-order valence-corrected chi connectivity index (χ2v) is 13.4. The summed E-state index contributed by atoms with van der Waals surface area (Å²) in [5.74, 6) is 1.46. The van der Waals surface area contributed by atoms with Crippen molar-refractivity contribution in [3.8, 4) is 22.4 Å². The van der Waals surface area contributed by atoms with Crippen molar-refractivity contribution in [3.63, 3.8) is 0 Å². The van der Waals surface area contributed by atoms with E-state index in [0.717, 1.165) is 114 Å². The highest BCUT2D eigenvalue weighted by Gasteiger charge is 2.25. The number of benzene rings is 2. The molecule has 0 saturated carbocycles. The number of pyridine rings is 1. The average Bonchev–Trinajstić information content (AvgIpc) is 3.68. The number of aldehydes is 1. The van der Waals surface area contributed by atoms with Crippen molar-refractivity contribution in [1.29, 1.82) is 0 Å². The second-order valence-electron chi connectivity index (χ2n) is 13.4. The van der Waals surface area contributed by atoms with Gasteiger partial charge < -0.3 is 4.90 Å². The van der Waals surface area contributed by atoms with E-state index < -0.39 is 0 Å². The Hall–Kier alpha value is -5.42. The molecule has 6 heterocycles. The van der Waals surface area contributed by atoms with Gasteiger partial charge in [-0.05, 0) is 77.6 Å². The topological polar surface area (TPSA) is 107 Å². The Morgan fingerprint density at radius 1 is 0.898 bits per heavy atom. The molecule has 1 saturated heterocycles. The van der Waals surface area contributed by atoms with E-state index in [1.54, 1.807) is 19.9 Å². The van der Waals surface area contributed by atoms with Gasteiger partial charge in [-0.25, -0.2) is 4.79 Å². The molecule has 0 aliphatic carbocycles. The molecule has 0 amide bonds. The summed E-state index contributed by atoms with van der Waals surface area (Å²) in [5, 5.41) is 14.7. The Balaban J connectivity index is 1.05. The number of imidazole rings is 1. The lowest BCUT2D eigenvalue weighted by atomic mass is 9.91. The van der Waals surface area contributed by atoms with Crippen LogP contribution in [0.5, 0.6) is 0 Å². The van der Waals surface area contributed by atoms with Crippen LogP contribution < -0.4 is 10.6 Å². The molecule has 0 atom stereocenters. The van der Waals surface area contributed by atoms with Crippen LogP contribution in [0.2, 0.25) is 0 Å². The molecule has 1 fully saturated rings. The van der Waals surface area contributed by atoms with Crippen LogP contribution in [-0.2, 0) is 21.1 Å². The number of fused-ring (bicyclic) bond motifs is 2. The third-order valence-electron chi connectivity index (χ3n) is 10.3. The molecule has 0 spiro atoms. The zero-order valence-electron chi connectivity index (χ0n) is 28.1. The van der Waals surface area contributed by atoms with Crippen LogP contribution in [-0.4, -0.2) is 78.0 Å². The van der Waals surface area contributed by atoms with E-state index in [9.17, 15) is 9.59 Å². The normalized spacial score (nSPS) is 16.1. The second kappa shape index (κ2) is 12.6. The molecule has 6 aromatic rings. The lowest BCUT2D eigenvalue weighted by Gasteiger charge is -2.36. The molecule has 2 aromatic carbocycles. The summed E-state index contributed by atoms with van der Waals surface area (Å²) < 4.78 is 5.34. The molecule has 4 aromatic heterocycles. The summed E-state index contributed by atoms with van der Waals surface area (Å²) in [4.78, 5) is 33.8. The van der Waals surface area contributed by atoms with Gasteiger partial charge in [0.15, 0.2) is 12.1 Å². The number of aryl methyl sites for hydroxylation is 3. The maximum atomic E-state index is 13.2. The van der Waals surface area contributed by atoms with Crippen LogP contribution in [0.3, 0.4) is 0 Å². The average molecular weight is 654 g/mol. The summed E-state index contributed by atoms with van der Waals surface area (Å²) in [5.41, 5.74) is 8.70. The molecule has 11 nitrogen and oxygen atoms in total. The van der Waals surface area contributed by atoms with Gasteiger partial charge in [0.05, 0.1) is 22.9 Å². The summed E-state index contributed by atoms with van der Waals surface area (Å²) in [6.45, 7) is 4.81. The quantitative estimate of drug-likeness (QED) is 0.219. The Bertz CT molecular complexity index is 2290. The van der Waals surface area contributed by atoms with Crippen molar-refractivity contribution in [2.45, 2.75) is 19.3 Å². The van der Waals surface area contributed by atoms with Gasteiger partial charge in [0.25, 0.3) is 0 Å². The highest BCUT2D eigenvalue weighted by Crippen LogP contribution is 2.37. The van der Waals surface area contributed by atoms with Gasteiger partial charge in [0.1, 0.15) is 5.69 Å². The lowest BCUT2D eigenvalue weighted by molar-refractivity contribution is 0.111. The number of anilines is 1. The third kappa shape index (κ3) is 5.73. The minimum atomic E-state index is -0.0239.